The fraction of sp³-hybridized carbons (Fsp3) is 0.889. The van der Waals surface area contributed by atoms with E-state index in [0.29, 0.717) is 11.7 Å². The monoisotopic (exact) mass is 206 g/mol. The standard InChI is InChI=1S/C9H18O3S/c1-8(3-2-5-10)7-13-6-4-9(11)12/h8,10H,2-7H2,1H3,(H,11,12). The number of carboxylic acid groups (broad SMARTS) is 1. The second kappa shape index (κ2) is 8.38. The zero-order valence-electron chi connectivity index (χ0n) is 8.03. The molecule has 4 heteroatoms. The summed E-state index contributed by atoms with van der Waals surface area (Å²) >= 11 is 1.68. The molecular formula is C9H18O3S. The molecule has 13 heavy (non-hydrogen) atoms. The first-order valence-electron chi connectivity index (χ1n) is 4.57. The van der Waals surface area contributed by atoms with E-state index in [1.54, 1.807) is 11.8 Å². The highest BCUT2D eigenvalue weighted by Crippen LogP contribution is 2.13. The molecule has 0 aliphatic rings. The fourth-order valence-corrected chi connectivity index (χ4v) is 2.02. The summed E-state index contributed by atoms with van der Waals surface area (Å²) in [5, 5.41) is 16.9. The zero-order valence-corrected chi connectivity index (χ0v) is 8.85. The van der Waals surface area contributed by atoms with Gasteiger partial charge in [-0.15, -0.1) is 0 Å². The minimum absolute atomic E-state index is 0.247. The third kappa shape index (κ3) is 9.70. The van der Waals surface area contributed by atoms with Crippen molar-refractivity contribution in [2.75, 3.05) is 18.1 Å². The molecule has 0 amide bonds. The molecule has 0 bridgehead atoms. The number of aliphatic hydroxyl groups excluding tert-OH is 1. The van der Waals surface area contributed by atoms with Gasteiger partial charge in [0.25, 0.3) is 0 Å². The lowest BCUT2D eigenvalue weighted by atomic mass is 10.1. The molecule has 0 fully saturated rings. The van der Waals surface area contributed by atoms with Crippen molar-refractivity contribution < 1.29 is 15.0 Å². The molecule has 0 saturated carbocycles. The Bertz CT molecular complexity index is 139. The van der Waals surface area contributed by atoms with Gasteiger partial charge < -0.3 is 10.2 Å². The number of thioether (sulfide) groups is 1. The first kappa shape index (κ1) is 12.8. The smallest absolute Gasteiger partial charge is 0.304 e. The number of carbonyl (C=O) groups is 1. The highest BCUT2D eigenvalue weighted by Gasteiger charge is 2.02. The van der Waals surface area contributed by atoms with Gasteiger partial charge in [0.2, 0.25) is 0 Å². The molecule has 0 aliphatic carbocycles. The van der Waals surface area contributed by atoms with Crippen LogP contribution in [0.2, 0.25) is 0 Å². The van der Waals surface area contributed by atoms with Crippen molar-refractivity contribution in [2.45, 2.75) is 26.2 Å². The summed E-state index contributed by atoms with van der Waals surface area (Å²) in [7, 11) is 0. The predicted octanol–water partition coefficient (Wildman–Crippen LogP) is 1.60. The van der Waals surface area contributed by atoms with Gasteiger partial charge >= 0.3 is 5.97 Å². The molecule has 1 atom stereocenters. The molecule has 3 nitrogen and oxygen atoms in total. The molecule has 0 spiro atoms. The molecule has 2 N–H and O–H groups in total. The highest BCUT2D eigenvalue weighted by atomic mass is 32.2. The van der Waals surface area contributed by atoms with Crippen LogP contribution in [0.3, 0.4) is 0 Å². The average Bonchev–Trinajstić information content (AvgIpc) is 2.08. The van der Waals surface area contributed by atoms with Gasteiger partial charge in [0.15, 0.2) is 0 Å². The van der Waals surface area contributed by atoms with Gasteiger partial charge in [-0.1, -0.05) is 6.92 Å². The lowest BCUT2D eigenvalue weighted by Crippen LogP contribution is -2.02. The Morgan fingerprint density at radius 2 is 2.23 bits per heavy atom. The SMILES string of the molecule is CC(CCCO)CSCCC(=O)O. The van der Waals surface area contributed by atoms with Crippen LogP contribution in [0.1, 0.15) is 26.2 Å². The second-order valence-corrected chi connectivity index (χ2v) is 4.34. The Morgan fingerprint density at radius 3 is 2.77 bits per heavy atom. The second-order valence-electron chi connectivity index (χ2n) is 3.19. The lowest BCUT2D eigenvalue weighted by Gasteiger charge is -2.08. The van der Waals surface area contributed by atoms with Gasteiger partial charge in [-0.2, -0.15) is 11.8 Å². The van der Waals surface area contributed by atoms with Crippen LogP contribution in [0.15, 0.2) is 0 Å². The van der Waals surface area contributed by atoms with E-state index in [4.69, 9.17) is 10.2 Å². The Hall–Kier alpha value is -0.220. The molecule has 0 aromatic rings. The maximum atomic E-state index is 10.2. The summed E-state index contributed by atoms with van der Waals surface area (Å²) in [6.45, 7) is 2.38. The van der Waals surface area contributed by atoms with Gasteiger partial charge in [-0.25, -0.2) is 0 Å². The van der Waals surface area contributed by atoms with Crippen molar-refractivity contribution in [3.63, 3.8) is 0 Å². The molecule has 78 valence electrons. The number of hydrogen-bond acceptors (Lipinski definition) is 3. The number of carboxylic acids is 1. The van der Waals surface area contributed by atoms with Crippen LogP contribution in [0, 0.1) is 5.92 Å². The Morgan fingerprint density at radius 1 is 1.54 bits per heavy atom. The summed E-state index contributed by atoms with van der Waals surface area (Å²) < 4.78 is 0. The largest absolute Gasteiger partial charge is 0.481 e. The Kier molecular flexibility index (Phi) is 8.24. The summed E-state index contributed by atoms with van der Waals surface area (Å²) in [5.41, 5.74) is 0. The number of aliphatic hydroxyl groups is 1. The van der Waals surface area contributed by atoms with E-state index in [9.17, 15) is 4.79 Å². The van der Waals surface area contributed by atoms with Crippen LogP contribution in [0.4, 0.5) is 0 Å². The van der Waals surface area contributed by atoms with Crippen molar-refractivity contribution in [3.05, 3.63) is 0 Å². The molecule has 0 radical (unpaired) electrons. The van der Waals surface area contributed by atoms with E-state index in [-0.39, 0.29) is 13.0 Å². The molecule has 0 aromatic heterocycles. The van der Waals surface area contributed by atoms with E-state index >= 15 is 0 Å². The molecule has 0 aliphatic heterocycles. The average molecular weight is 206 g/mol. The van der Waals surface area contributed by atoms with Crippen molar-refractivity contribution in [1.82, 2.24) is 0 Å². The van der Waals surface area contributed by atoms with Gasteiger partial charge in [0, 0.05) is 12.4 Å². The number of hydrogen-bond donors (Lipinski definition) is 2. The van der Waals surface area contributed by atoms with Crippen LogP contribution >= 0.6 is 11.8 Å². The minimum atomic E-state index is -0.726. The van der Waals surface area contributed by atoms with Crippen molar-refractivity contribution in [1.29, 1.82) is 0 Å². The highest BCUT2D eigenvalue weighted by molar-refractivity contribution is 7.99. The summed E-state index contributed by atoms with van der Waals surface area (Å²) in [6, 6.07) is 0. The van der Waals surface area contributed by atoms with Crippen LogP contribution in [-0.4, -0.2) is 34.3 Å². The van der Waals surface area contributed by atoms with E-state index in [1.807, 2.05) is 0 Å². The number of aliphatic carboxylic acids is 1. The van der Waals surface area contributed by atoms with Crippen LogP contribution in [0.5, 0.6) is 0 Å². The minimum Gasteiger partial charge on any atom is -0.481 e. The summed E-state index contributed by atoms with van der Waals surface area (Å²) in [4.78, 5) is 10.2. The third-order valence-corrected chi connectivity index (χ3v) is 3.02. The van der Waals surface area contributed by atoms with Crippen LogP contribution in [-0.2, 0) is 4.79 Å². The fourth-order valence-electron chi connectivity index (χ4n) is 0.967. The molecule has 0 aromatic carbocycles. The zero-order chi connectivity index (χ0) is 10.1. The Labute approximate surface area is 83.5 Å². The van der Waals surface area contributed by atoms with Crippen LogP contribution < -0.4 is 0 Å². The Balaban J connectivity index is 3.16. The van der Waals surface area contributed by atoms with Gasteiger partial charge in [0.05, 0.1) is 6.42 Å². The summed E-state index contributed by atoms with van der Waals surface area (Å²) in [5.74, 6) is 1.54. The van der Waals surface area contributed by atoms with Crippen LogP contribution in [0.25, 0.3) is 0 Å². The maximum Gasteiger partial charge on any atom is 0.304 e. The maximum absolute atomic E-state index is 10.2. The topological polar surface area (TPSA) is 57.5 Å². The van der Waals surface area contributed by atoms with E-state index in [2.05, 4.69) is 6.92 Å². The normalized spacial score (nSPS) is 12.8. The molecule has 0 saturated heterocycles. The quantitative estimate of drug-likeness (QED) is 0.592. The van der Waals surface area contributed by atoms with Crippen molar-refractivity contribution in [2.24, 2.45) is 5.92 Å². The third-order valence-electron chi connectivity index (χ3n) is 1.72. The molecule has 0 heterocycles. The van der Waals surface area contributed by atoms with Gasteiger partial charge in [0.1, 0.15) is 0 Å². The lowest BCUT2D eigenvalue weighted by molar-refractivity contribution is -0.136. The van der Waals surface area contributed by atoms with E-state index in [0.717, 1.165) is 18.6 Å². The van der Waals surface area contributed by atoms with E-state index < -0.39 is 5.97 Å². The first-order valence-corrected chi connectivity index (χ1v) is 5.72. The predicted molar refractivity (Wildman–Crippen MR) is 55.1 cm³/mol. The molecular weight excluding hydrogens is 188 g/mol. The van der Waals surface area contributed by atoms with Gasteiger partial charge in [-0.3, -0.25) is 4.79 Å². The van der Waals surface area contributed by atoms with Crippen molar-refractivity contribution in [3.8, 4) is 0 Å². The first-order chi connectivity index (χ1) is 6.16. The van der Waals surface area contributed by atoms with E-state index in [1.165, 1.54) is 0 Å². The van der Waals surface area contributed by atoms with Crippen molar-refractivity contribution >= 4 is 17.7 Å². The summed E-state index contributed by atoms with van der Waals surface area (Å²) in [6.07, 6.45) is 2.12. The number of rotatable bonds is 8. The molecule has 0 rings (SSSR count). The van der Waals surface area contributed by atoms with Gasteiger partial charge in [-0.05, 0) is 24.5 Å². The molecule has 1 unspecified atom stereocenters.